The van der Waals surface area contributed by atoms with Crippen molar-refractivity contribution in [3.8, 4) is 5.75 Å². The fraction of sp³-hybridized carbons (Fsp3) is 0.625. The minimum absolute atomic E-state index is 0.433. The molecule has 1 aromatic rings. The number of benzene rings is 1. The maximum absolute atomic E-state index is 5.85. The Morgan fingerprint density at radius 1 is 1.26 bits per heavy atom. The molecular weight excluding hydrogens is 236 g/mol. The van der Waals surface area contributed by atoms with E-state index in [0.29, 0.717) is 5.41 Å². The lowest BCUT2D eigenvalue weighted by molar-refractivity contribution is 0.234. The van der Waals surface area contributed by atoms with Gasteiger partial charge in [-0.15, -0.1) is 0 Å². The molecule has 19 heavy (non-hydrogen) atoms. The minimum Gasteiger partial charge on any atom is -0.491 e. The molecular formula is C16H24N2O. The molecule has 2 aliphatic rings. The molecule has 0 spiro atoms. The standard InChI is InChI=1S/C16H24N2O/c1-16(7-9-17-10-8-16)13-18-11-4-12-19-15-6-3-2-5-14(15)18/h2-3,5-6,17H,4,7-13H2,1H3. The van der Waals surface area contributed by atoms with E-state index in [-0.39, 0.29) is 0 Å². The zero-order chi connectivity index (χ0) is 13.1. The van der Waals surface area contributed by atoms with Crippen LogP contribution in [0.15, 0.2) is 24.3 Å². The van der Waals surface area contributed by atoms with E-state index in [0.717, 1.165) is 45.0 Å². The lowest BCUT2D eigenvalue weighted by Crippen LogP contribution is -2.43. The molecule has 1 aromatic carbocycles. The van der Waals surface area contributed by atoms with E-state index in [1.807, 2.05) is 0 Å². The molecule has 3 rings (SSSR count). The summed E-state index contributed by atoms with van der Waals surface area (Å²) in [6.07, 6.45) is 3.65. The monoisotopic (exact) mass is 260 g/mol. The maximum Gasteiger partial charge on any atom is 0.142 e. The Hall–Kier alpha value is -1.22. The van der Waals surface area contributed by atoms with Crippen LogP contribution in [-0.4, -0.2) is 32.8 Å². The zero-order valence-corrected chi connectivity index (χ0v) is 11.8. The molecule has 3 heteroatoms. The first-order chi connectivity index (χ1) is 9.27. The highest BCUT2D eigenvalue weighted by atomic mass is 16.5. The second-order valence-corrected chi connectivity index (χ2v) is 6.15. The number of piperidine rings is 1. The van der Waals surface area contributed by atoms with E-state index in [9.17, 15) is 0 Å². The van der Waals surface area contributed by atoms with Gasteiger partial charge in [0.1, 0.15) is 5.75 Å². The highest BCUT2D eigenvalue weighted by molar-refractivity contribution is 5.59. The molecule has 0 aromatic heterocycles. The van der Waals surface area contributed by atoms with Crippen LogP contribution in [0.2, 0.25) is 0 Å². The summed E-state index contributed by atoms with van der Waals surface area (Å²) in [5.41, 5.74) is 1.71. The first kappa shape index (κ1) is 12.8. The number of nitrogens with zero attached hydrogens (tertiary/aromatic N) is 1. The topological polar surface area (TPSA) is 24.5 Å². The summed E-state index contributed by atoms with van der Waals surface area (Å²) in [5, 5.41) is 3.47. The fourth-order valence-corrected chi connectivity index (χ4v) is 3.21. The van der Waals surface area contributed by atoms with E-state index in [2.05, 4.69) is 41.4 Å². The largest absolute Gasteiger partial charge is 0.491 e. The van der Waals surface area contributed by atoms with Crippen LogP contribution in [0.25, 0.3) is 0 Å². The first-order valence-electron chi connectivity index (χ1n) is 7.44. The van der Waals surface area contributed by atoms with E-state index in [4.69, 9.17) is 4.74 Å². The van der Waals surface area contributed by atoms with Crippen molar-refractivity contribution >= 4 is 5.69 Å². The van der Waals surface area contributed by atoms with E-state index in [1.165, 1.54) is 18.5 Å². The van der Waals surface area contributed by atoms with Gasteiger partial charge in [-0.1, -0.05) is 19.1 Å². The van der Waals surface area contributed by atoms with Gasteiger partial charge >= 0.3 is 0 Å². The van der Waals surface area contributed by atoms with Crippen molar-refractivity contribution in [2.75, 3.05) is 37.7 Å². The van der Waals surface area contributed by atoms with Crippen molar-refractivity contribution in [3.63, 3.8) is 0 Å². The third-order valence-corrected chi connectivity index (χ3v) is 4.42. The van der Waals surface area contributed by atoms with Crippen LogP contribution in [0.1, 0.15) is 26.2 Å². The van der Waals surface area contributed by atoms with Crippen LogP contribution in [0, 0.1) is 5.41 Å². The van der Waals surface area contributed by atoms with Crippen molar-refractivity contribution in [2.45, 2.75) is 26.2 Å². The predicted molar refractivity (Wildman–Crippen MR) is 79.0 cm³/mol. The molecule has 2 aliphatic heterocycles. The number of nitrogens with one attached hydrogen (secondary N) is 1. The SMILES string of the molecule is CC1(CN2CCCOc3ccccc32)CCNCC1. The predicted octanol–water partition coefficient (Wildman–Crippen LogP) is 2.67. The molecule has 0 unspecified atom stereocenters. The average molecular weight is 260 g/mol. The quantitative estimate of drug-likeness (QED) is 0.885. The van der Waals surface area contributed by atoms with E-state index < -0.39 is 0 Å². The van der Waals surface area contributed by atoms with Gasteiger partial charge in [0.25, 0.3) is 0 Å². The van der Waals surface area contributed by atoms with Crippen molar-refractivity contribution in [1.82, 2.24) is 5.32 Å². The number of hydrogen-bond donors (Lipinski definition) is 1. The Labute approximate surface area is 115 Å². The van der Waals surface area contributed by atoms with Crippen molar-refractivity contribution in [2.24, 2.45) is 5.41 Å². The Morgan fingerprint density at radius 2 is 2.05 bits per heavy atom. The lowest BCUT2D eigenvalue weighted by Gasteiger charge is -2.39. The minimum atomic E-state index is 0.433. The summed E-state index contributed by atoms with van der Waals surface area (Å²) < 4.78 is 5.85. The summed E-state index contributed by atoms with van der Waals surface area (Å²) >= 11 is 0. The highest BCUT2D eigenvalue weighted by Gasteiger charge is 2.30. The van der Waals surface area contributed by atoms with E-state index in [1.54, 1.807) is 0 Å². The van der Waals surface area contributed by atoms with Gasteiger partial charge in [0.2, 0.25) is 0 Å². The van der Waals surface area contributed by atoms with Crippen molar-refractivity contribution in [1.29, 1.82) is 0 Å². The Balaban J connectivity index is 1.80. The molecule has 0 bridgehead atoms. The Morgan fingerprint density at radius 3 is 2.89 bits per heavy atom. The van der Waals surface area contributed by atoms with Gasteiger partial charge in [0, 0.05) is 13.1 Å². The normalized spacial score (nSPS) is 22.3. The Bertz CT molecular complexity index is 427. The molecule has 3 nitrogen and oxygen atoms in total. The average Bonchev–Trinajstić information content (AvgIpc) is 2.62. The molecule has 0 atom stereocenters. The molecule has 104 valence electrons. The molecule has 0 aliphatic carbocycles. The zero-order valence-electron chi connectivity index (χ0n) is 11.8. The molecule has 0 radical (unpaired) electrons. The molecule has 1 N–H and O–H groups in total. The molecule has 0 amide bonds. The van der Waals surface area contributed by atoms with Crippen LogP contribution in [0.5, 0.6) is 5.75 Å². The molecule has 0 saturated carbocycles. The van der Waals surface area contributed by atoms with Gasteiger partial charge in [-0.3, -0.25) is 0 Å². The van der Waals surface area contributed by atoms with Gasteiger partial charge in [-0.25, -0.2) is 0 Å². The van der Waals surface area contributed by atoms with Crippen molar-refractivity contribution < 1.29 is 4.74 Å². The third-order valence-electron chi connectivity index (χ3n) is 4.42. The second-order valence-electron chi connectivity index (χ2n) is 6.15. The summed E-state index contributed by atoms with van der Waals surface area (Å²) in [4.78, 5) is 2.54. The number of ether oxygens (including phenoxy) is 1. The highest BCUT2D eigenvalue weighted by Crippen LogP contribution is 2.35. The van der Waals surface area contributed by atoms with Gasteiger partial charge in [-0.2, -0.15) is 0 Å². The number of rotatable bonds is 2. The second kappa shape index (κ2) is 5.41. The number of hydrogen-bond acceptors (Lipinski definition) is 3. The molecule has 2 heterocycles. The third kappa shape index (κ3) is 2.86. The van der Waals surface area contributed by atoms with Crippen LogP contribution >= 0.6 is 0 Å². The van der Waals surface area contributed by atoms with Crippen LogP contribution < -0.4 is 15.0 Å². The summed E-state index contributed by atoms with van der Waals surface area (Å²) in [6, 6.07) is 8.48. The summed E-state index contributed by atoms with van der Waals surface area (Å²) in [5.74, 6) is 1.05. The van der Waals surface area contributed by atoms with Crippen LogP contribution in [0.3, 0.4) is 0 Å². The van der Waals surface area contributed by atoms with Crippen LogP contribution in [-0.2, 0) is 0 Å². The first-order valence-corrected chi connectivity index (χ1v) is 7.44. The number of fused-ring (bicyclic) bond motifs is 1. The Kier molecular flexibility index (Phi) is 3.65. The molecule has 1 saturated heterocycles. The van der Waals surface area contributed by atoms with Crippen molar-refractivity contribution in [3.05, 3.63) is 24.3 Å². The van der Waals surface area contributed by atoms with Gasteiger partial charge in [0.15, 0.2) is 0 Å². The maximum atomic E-state index is 5.85. The van der Waals surface area contributed by atoms with Gasteiger partial charge in [0.05, 0.1) is 12.3 Å². The van der Waals surface area contributed by atoms with Gasteiger partial charge < -0.3 is 15.0 Å². The van der Waals surface area contributed by atoms with Crippen LogP contribution in [0.4, 0.5) is 5.69 Å². The lowest BCUT2D eigenvalue weighted by atomic mass is 9.80. The fourth-order valence-electron chi connectivity index (χ4n) is 3.21. The number of para-hydroxylation sites is 2. The van der Waals surface area contributed by atoms with E-state index >= 15 is 0 Å². The number of anilines is 1. The smallest absolute Gasteiger partial charge is 0.142 e. The van der Waals surface area contributed by atoms with Gasteiger partial charge in [-0.05, 0) is 49.9 Å². The molecule has 1 fully saturated rings. The summed E-state index contributed by atoms with van der Waals surface area (Å²) in [6.45, 7) is 7.84. The summed E-state index contributed by atoms with van der Waals surface area (Å²) in [7, 11) is 0.